The summed E-state index contributed by atoms with van der Waals surface area (Å²) in [5.41, 5.74) is 6.85. The quantitative estimate of drug-likeness (QED) is 0.844. The number of hydrogen-bond donors (Lipinski definition) is 2. The average molecular weight is 313 g/mol. The predicted molar refractivity (Wildman–Crippen MR) is 76.0 cm³/mol. The van der Waals surface area contributed by atoms with Crippen molar-refractivity contribution in [2.45, 2.75) is 19.8 Å². The molecule has 90 valence electrons. The summed E-state index contributed by atoms with van der Waals surface area (Å²) in [4.78, 5) is 12.4. The number of nitrogens with one attached hydrogen (secondary N) is 1. The summed E-state index contributed by atoms with van der Waals surface area (Å²) < 4.78 is 0.857. The number of anilines is 1. The standard InChI is InChI=1S/C12H13BrN2OS/c1-7-2-3-8(13)9(6-7)15-11(16)12(4-5-12)10(14)17/h2-3,6H,4-5H2,1H3,(H2,14,17)(H,15,16). The Labute approximate surface area is 114 Å². The topological polar surface area (TPSA) is 55.1 Å². The summed E-state index contributed by atoms with van der Waals surface area (Å²) in [6.07, 6.45) is 1.50. The third-order valence-corrected chi connectivity index (χ3v) is 4.11. The fourth-order valence-electron chi connectivity index (χ4n) is 1.69. The van der Waals surface area contributed by atoms with E-state index < -0.39 is 5.41 Å². The maximum absolute atomic E-state index is 12.1. The zero-order chi connectivity index (χ0) is 12.6. The highest BCUT2D eigenvalue weighted by molar-refractivity contribution is 9.10. The minimum Gasteiger partial charge on any atom is -0.392 e. The highest BCUT2D eigenvalue weighted by Gasteiger charge is 2.52. The van der Waals surface area contributed by atoms with Crippen LogP contribution in [0.1, 0.15) is 18.4 Å². The molecule has 1 fully saturated rings. The van der Waals surface area contributed by atoms with Gasteiger partial charge in [0.2, 0.25) is 5.91 Å². The first-order valence-corrected chi connectivity index (χ1v) is 6.53. The van der Waals surface area contributed by atoms with Crippen molar-refractivity contribution in [3.63, 3.8) is 0 Å². The smallest absolute Gasteiger partial charge is 0.237 e. The van der Waals surface area contributed by atoms with Crippen LogP contribution in [0.2, 0.25) is 0 Å². The second-order valence-corrected chi connectivity index (χ2v) is 5.68. The van der Waals surface area contributed by atoms with Crippen LogP contribution in [0.4, 0.5) is 5.69 Å². The minimum atomic E-state index is -0.613. The lowest BCUT2D eigenvalue weighted by Crippen LogP contribution is -2.35. The number of carbonyl (C=O) groups excluding carboxylic acids is 1. The van der Waals surface area contributed by atoms with Gasteiger partial charge < -0.3 is 11.1 Å². The van der Waals surface area contributed by atoms with Crippen LogP contribution in [0.25, 0.3) is 0 Å². The van der Waals surface area contributed by atoms with Gasteiger partial charge in [-0.15, -0.1) is 0 Å². The molecule has 0 atom stereocenters. The summed E-state index contributed by atoms with van der Waals surface area (Å²) in [5.74, 6) is -0.101. The Hall–Kier alpha value is -0.940. The summed E-state index contributed by atoms with van der Waals surface area (Å²) in [5, 5.41) is 2.88. The molecule has 0 aliphatic heterocycles. The van der Waals surface area contributed by atoms with E-state index in [0.29, 0.717) is 4.99 Å². The normalized spacial score (nSPS) is 16.4. The molecule has 0 bridgehead atoms. The van der Waals surface area contributed by atoms with Gasteiger partial charge in [-0.2, -0.15) is 0 Å². The Balaban J connectivity index is 2.19. The SMILES string of the molecule is Cc1ccc(Br)c(NC(=O)C2(C(N)=S)CC2)c1. The molecule has 17 heavy (non-hydrogen) atoms. The predicted octanol–water partition coefficient (Wildman–Crippen LogP) is 2.76. The van der Waals surface area contributed by atoms with Crippen molar-refractivity contribution in [3.8, 4) is 0 Å². The van der Waals surface area contributed by atoms with E-state index >= 15 is 0 Å². The van der Waals surface area contributed by atoms with Gasteiger partial charge in [-0.3, -0.25) is 4.79 Å². The molecule has 1 aliphatic rings. The molecule has 0 radical (unpaired) electrons. The average Bonchev–Trinajstić information content (AvgIpc) is 3.04. The summed E-state index contributed by atoms with van der Waals surface area (Å²) in [7, 11) is 0. The molecule has 1 aromatic carbocycles. The number of aryl methyl sites for hydroxylation is 1. The van der Waals surface area contributed by atoms with Gasteiger partial charge in [0.1, 0.15) is 0 Å². The molecular formula is C12H13BrN2OS. The maximum atomic E-state index is 12.1. The maximum Gasteiger partial charge on any atom is 0.237 e. The van der Waals surface area contributed by atoms with Gasteiger partial charge in [0.05, 0.1) is 16.1 Å². The van der Waals surface area contributed by atoms with E-state index in [1.54, 1.807) is 0 Å². The Kier molecular flexibility index (Phi) is 3.23. The number of thiocarbonyl (C=S) groups is 1. The fraction of sp³-hybridized carbons (Fsp3) is 0.333. The number of halogens is 1. The van der Waals surface area contributed by atoms with Crippen LogP contribution in [-0.2, 0) is 4.79 Å². The van der Waals surface area contributed by atoms with E-state index in [1.807, 2.05) is 25.1 Å². The van der Waals surface area contributed by atoms with Gasteiger partial charge in [0.25, 0.3) is 0 Å². The molecule has 2 rings (SSSR count). The zero-order valence-electron chi connectivity index (χ0n) is 9.42. The zero-order valence-corrected chi connectivity index (χ0v) is 11.8. The van der Waals surface area contributed by atoms with Crippen LogP contribution < -0.4 is 11.1 Å². The molecule has 0 saturated heterocycles. The lowest BCUT2D eigenvalue weighted by Gasteiger charge is -2.14. The van der Waals surface area contributed by atoms with Crippen molar-refractivity contribution in [2.24, 2.45) is 11.1 Å². The Morgan fingerprint density at radius 3 is 2.71 bits per heavy atom. The molecule has 0 aromatic heterocycles. The van der Waals surface area contributed by atoms with Crippen LogP contribution in [0, 0.1) is 12.3 Å². The highest BCUT2D eigenvalue weighted by Crippen LogP contribution is 2.47. The van der Waals surface area contributed by atoms with Gasteiger partial charge in [0, 0.05) is 4.47 Å². The van der Waals surface area contributed by atoms with Crippen LogP contribution in [0.3, 0.4) is 0 Å². The Morgan fingerprint density at radius 1 is 1.53 bits per heavy atom. The monoisotopic (exact) mass is 312 g/mol. The highest BCUT2D eigenvalue weighted by atomic mass is 79.9. The van der Waals surface area contributed by atoms with Gasteiger partial charge in [-0.25, -0.2) is 0 Å². The first kappa shape index (κ1) is 12.5. The van der Waals surface area contributed by atoms with E-state index in [1.165, 1.54) is 0 Å². The van der Waals surface area contributed by atoms with Gasteiger partial charge >= 0.3 is 0 Å². The molecule has 1 amide bonds. The number of rotatable bonds is 3. The molecule has 1 aromatic rings. The second-order valence-electron chi connectivity index (χ2n) is 4.38. The molecule has 1 aliphatic carbocycles. The third-order valence-electron chi connectivity index (χ3n) is 3.03. The number of benzene rings is 1. The first-order valence-electron chi connectivity index (χ1n) is 5.33. The minimum absolute atomic E-state index is 0.101. The molecular weight excluding hydrogens is 300 g/mol. The van der Waals surface area contributed by atoms with E-state index in [9.17, 15) is 4.79 Å². The van der Waals surface area contributed by atoms with Crippen molar-refractivity contribution >= 4 is 44.7 Å². The molecule has 5 heteroatoms. The largest absolute Gasteiger partial charge is 0.392 e. The fourth-order valence-corrected chi connectivity index (χ4v) is 2.33. The Morgan fingerprint density at radius 2 is 2.18 bits per heavy atom. The van der Waals surface area contributed by atoms with Crippen molar-refractivity contribution in [2.75, 3.05) is 5.32 Å². The van der Waals surface area contributed by atoms with Crippen molar-refractivity contribution in [1.82, 2.24) is 0 Å². The van der Waals surface area contributed by atoms with Gasteiger partial charge in [0.15, 0.2) is 0 Å². The molecule has 0 unspecified atom stereocenters. The summed E-state index contributed by atoms with van der Waals surface area (Å²) in [6, 6.07) is 5.79. The summed E-state index contributed by atoms with van der Waals surface area (Å²) in [6.45, 7) is 1.97. The van der Waals surface area contributed by atoms with E-state index in [0.717, 1.165) is 28.6 Å². The molecule has 1 saturated carbocycles. The summed E-state index contributed by atoms with van der Waals surface area (Å²) >= 11 is 8.35. The van der Waals surface area contributed by atoms with Gasteiger partial charge in [-0.1, -0.05) is 18.3 Å². The molecule has 0 heterocycles. The lowest BCUT2D eigenvalue weighted by atomic mass is 10.1. The van der Waals surface area contributed by atoms with Crippen molar-refractivity contribution in [1.29, 1.82) is 0 Å². The van der Waals surface area contributed by atoms with E-state index in [-0.39, 0.29) is 5.91 Å². The first-order chi connectivity index (χ1) is 7.95. The number of hydrogen-bond acceptors (Lipinski definition) is 2. The van der Waals surface area contributed by atoms with Crippen molar-refractivity contribution in [3.05, 3.63) is 28.2 Å². The molecule has 3 N–H and O–H groups in total. The third kappa shape index (κ3) is 2.35. The van der Waals surface area contributed by atoms with Crippen LogP contribution in [0.5, 0.6) is 0 Å². The Bertz CT molecular complexity index is 497. The van der Waals surface area contributed by atoms with Crippen LogP contribution in [-0.4, -0.2) is 10.9 Å². The molecule has 3 nitrogen and oxygen atoms in total. The van der Waals surface area contributed by atoms with E-state index in [2.05, 4.69) is 21.2 Å². The number of nitrogens with two attached hydrogens (primary N) is 1. The second kappa shape index (κ2) is 4.38. The lowest BCUT2D eigenvalue weighted by molar-refractivity contribution is -0.118. The van der Waals surface area contributed by atoms with Crippen LogP contribution >= 0.6 is 28.1 Å². The number of amides is 1. The van der Waals surface area contributed by atoms with Crippen molar-refractivity contribution < 1.29 is 4.79 Å². The van der Waals surface area contributed by atoms with E-state index in [4.69, 9.17) is 18.0 Å². The van der Waals surface area contributed by atoms with Crippen LogP contribution in [0.15, 0.2) is 22.7 Å². The number of carbonyl (C=O) groups is 1. The molecule has 0 spiro atoms. The van der Waals surface area contributed by atoms with Gasteiger partial charge in [-0.05, 0) is 53.4 Å².